The monoisotopic (exact) mass is 431 g/mol. The van der Waals surface area contributed by atoms with E-state index in [1.165, 1.54) is 5.69 Å². The van der Waals surface area contributed by atoms with Gasteiger partial charge in [-0.05, 0) is 50.4 Å². The number of fused-ring (bicyclic) bond motifs is 1. The van der Waals surface area contributed by atoms with Gasteiger partial charge in [-0.3, -0.25) is 9.78 Å². The minimum absolute atomic E-state index is 0.106. The number of hydrogen-bond acceptors (Lipinski definition) is 5. The first kappa shape index (κ1) is 19.8. The van der Waals surface area contributed by atoms with E-state index in [0.717, 1.165) is 52.5 Å². The van der Waals surface area contributed by atoms with Gasteiger partial charge in [0, 0.05) is 72.3 Å². The first-order valence-electron chi connectivity index (χ1n) is 10.5. The van der Waals surface area contributed by atoms with E-state index in [-0.39, 0.29) is 5.91 Å². The topological polar surface area (TPSA) is 53.4 Å². The van der Waals surface area contributed by atoms with Gasteiger partial charge in [0.25, 0.3) is 5.91 Å². The van der Waals surface area contributed by atoms with E-state index in [9.17, 15) is 4.79 Å². The molecule has 1 aromatic carbocycles. The van der Waals surface area contributed by atoms with Crippen LogP contribution in [0.5, 0.6) is 0 Å². The molecule has 1 saturated heterocycles. The van der Waals surface area contributed by atoms with Crippen molar-refractivity contribution >= 4 is 39.4 Å². The number of hydrogen-bond donors (Lipinski definition) is 1. The standard InChI is InChI=1S/C24H25N5OS/c1-17-15-19(24(31-17)29-9-3-4-10-29)23(30)26-21-5-6-22(18-7-8-25-16-20(18)21)28-13-11-27(2)12-14-28/h3-10,15-16H,11-14H2,1-2H3,(H,26,30). The molecule has 0 radical (unpaired) electrons. The highest BCUT2D eigenvalue weighted by atomic mass is 32.1. The highest BCUT2D eigenvalue weighted by Crippen LogP contribution is 2.33. The molecule has 0 saturated carbocycles. The minimum Gasteiger partial charge on any atom is -0.368 e. The molecule has 31 heavy (non-hydrogen) atoms. The molecule has 0 bridgehead atoms. The second-order valence-corrected chi connectivity index (χ2v) is 9.20. The van der Waals surface area contributed by atoms with Gasteiger partial charge in [-0.2, -0.15) is 0 Å². The minimum atomic E-state index is -0.106. The SMILES string of the molecule is Cc1cc(C(=O)Nc2ccc(N3CCN(C)CC3)c3ccncc23)c(-n2cccc2)s1. The lowest BCUT2D eigenvalue weighted by Crippen LogP contribution is -2.44. The summed E-state index contributed by atoms with van der Waals surface area (Å²) < 4.78 is 1.99. The number of amides is 1. The van der Waals surface area contributed by atoms with Crippen molar-refractivity contribution in [2.45, 2.75) is 6.92 Å². The van der Waals surface area contributed by atoms with Crippen LogP contribution in [0.4, 0.5) is 11.4 Å². The Kier molecular flexibility index (Phi) is 5.21. The highest BCUT2D eigenvalue weighted by Gasteiger charge is 2.20. The third-order valence-corrected chi connectivity index (χ3v) is 6.87. The molecule has 4 aromatic rings. The fourth-order valence-electron chi connectivity index (χ4n) is 4.12. The number of likely N-dealkylation sites (N-methyl/N-ethyl adjacent to an activating group) is 1. The normalized spacial score (nSPS) is 14.8. The Morgan fingerprint density at radius 2 is 1.84 bits per heavy atom. The Hall–Kier alpha value is -3.16. The van der Waals surface area contributed by atoms with Gasteiger partial charge in [0.1, 0.15) is 5.00 Å². The summed E-state index contributed by atoms with van der Waals surface area (Å²) in [4.78, 5) is 23.5. The van der Waals surface area contributed by atoms with Crippen LogP contribution in [0.3, 0.4) is 0 Å². The molecule has 5 rings (SSSR count). The molecule has 0 aliphatic carbocycles. The number of nitrogens with one attached hydrogen (secondary N) is 1. The molecule has 0 atom stereocenters. The maximum atomic E-state index is 13.3. The Morgan fingerprint density at radius 1 is 1.06 bits per heavy atom. The van der Waals surface area contributed by atoms with Crippen molar-refractivity contribution in [3.8, 4) is 5.00 Å². The number of nitrogens with zero attached hydrogens (tertiary/aromatic N) is 4. The van der Waals surface area contributed by atoms with Gasteiger partial charge in [0.2, 0.25) is 0 Å². The number of pyridine rings is 1. The Bertz CT molecular complexity index is 1220. The summed E-state index contributed by atoms with van der Waals surface area (Å²) in [5.41, 5.74) is 2.66. The number of piperazine rings is 1. The van der Waals surface area contributed by atoms with Crippen LogP contribution in [0.15, 0.2) is 61.2 Å². The molecule has 1 fully saturated rings. The molecule has 0 unspecified atom stereocenters. The zero-order valence-electron chi connectivity index (χ0n) is 17.7. The molecule has 1 N–H and O–H groups in total. The van der Waals surface area contributed by atoms with Crippen molar-refractivity contribution in [2.24, 2.45) is 0 Å². The Balaban J connectivity index is 1.48. The van der Waals surface area contributed by atoms with E-state index < -0.39 is 0 Å². The fraction of sp³-hybridized carbons (Fsp3) is 0.250. The van der Waals surface area contributed by atoms with Crippen molar-refractivity contribution in [3.63, 3.8) is 0 Å². The number of anilines is 2. The summed E-state index contributed by atoms with van der Waals surface area (Å²) in [5.74, 6) is -0.106. The van der Waals surface area contributed by atoms with Crippen LogP contribution in [0.2, 0.25) is 0 Å². The fourth-order valence-corrected chi connectivity index (χ4v) is 5.09. The second-order valence-electron chi connectivity index (χ2n) is 7.96. The van der Waals surface area contributed by atoms with Gasteiger partial charge < -0.3 is 19.7 Å². The molecule has 4 heterocycles. The van der Waals surface area contributed by atoms with Gasteiger partial charge in [-0.15, -0.1) is 11.3 Å². The van der Waals surface area contributed by atoms with Crippen LogP contribution in [0.1, 0.15) is 15.2 Å². The smallest absolute Gasteiger partial charge is 0.258 e. The van der Waals surface area contributed by atoms with Crippen molar-refractivity contribution in [3.05, 3.63) is 71.6 Å². The van der Waals surface area contributed by atoms with E-state index >= 15 is 0 Å². The number of benzene rings is 1. The lowest BCUT2D eigenvalue weighted by molar-refractivity contribution is 0.102. The highest BCUT2D eigenvalue weighted by molar-refractivity contribution is 7.14. The molecular weight excluding hydrogens is 406 g/mol. The number of aromatic nitrogens is 2. The average molecular weight is 432 g/mol. The second kappa shape index (κ2) is 8.17. The van der Waals surface area contributed by atoms with Crippen molar-refractivity contribution in [1.29, 1.82) is 0 Å². The summed E-state index contributed by atoms with van der Waals surface area (Å²) in [7, 11) is 2.16. The van der Waals surface area contributed by atoms with E-state index in [4.69, 9.17) is 0 Å². The van der Waals surface area contributed by atoms with Crippen molar-refractivity contribution in [2.75, 3.05) is 43.4 Å². The lowest BCUT2D eigenvalue weighted by Gasteiger charge is -2.34. The summed E-state index contributed by atoms with van der Waals surface area (Å²) >= 11 is 1.62. The third-order valence-electron chi connectivity index (χ3n) is 5.81. The number of carbonyl (C=O) groups is 1. The van der Waals surface area contributed by atoms with Gasteiger partial charge in [-0.25, -0.2) is 0 Å². The lowest BCUT2D eigenvalue weighted by atomic mass is 10.1. The predicted octanol–water partition coefficient (Wildman–Crippen LogP) is 4.40. The number of aryl methyl sites for hydroxylation is 1. The predicted molar refractivity (Wildman–Crippen MR) is 128 cm³/mol. The summed E-state index contributed by atoms with van der Waals surface area (Å²) in [5, 5.41) is 6.14. The zero-order valence-corrected chi connectivity index (χ0v) is 18.5. The van der Waals surface area contributed by atoms with Crippen LogP contribution >= 0.6 is 11.3 Å². The quantitative estimate of drug-likeness (QED) is 0.520. The molecular formula is C24H25N5OS. The number of rotatable bonds is 4. The van der Waals surface area contributed by atoms with Crippen molar-refractivity contribution < 1.29 is 4.79 Å². The number of carbonyl (C=O) groups excluding carboxylic acids is 1. The molecule has 0 spiro atoms. The molecule has 6 nitrogen and oxygen atoms in total. The summed E-state index contributed by atoms with van der Waals surface area (Å²) in [6.07, 6.45) is 7.59. The zero-order chi connectivity index (χ0) is 21.4. The Labute approximate surface area is 185 Å². The molecule has 1 aliphatic heterocycles. The van der Waals surface area contributed by atoms with Crippen LogP contribution in [-0.4, -0.2) is 53.6 Å². The number of thiophene rings is 1. The molecule has 158 valence electrons. The van der Waals surface area contributed by atoms with Crippen LogP contribution in [-0.2, 0) is 0 Å². The molecule has 1 amide bonds. The Morgan fingerprint density at radius 3 is 2.61 bits per heavy atom. The van der Waals surface area contributed by atoms with Crippen LogP contribution < -0.4 is 10.2 Å². The van der Waals surface area contributed by atoms with E-state index in [1.807, 2.05) is 66.6 Å². The summed E-state index contributed by atoms with van der Waals surface area (Å²) in [6, 6.07) is 12.0. The molecule has 3 aromatic heterocycles. The maximum Gasteiger partial charge on any atom is 0.258 e. The largest absolute Gasteiger partial charge is 0.368 e. The van der Waals surface area contributed by atoms with Crippen LogP contribution in [0, 0.1) is 6.92 Å². The first-order valence-corrected chi connectivity index (χ1v) is 11.3. The molecule has 1 aliphatic rings. The van der Waals surface area contributed by atoms with E-state index in [0.29, 0.717) is 5.56 Å². The average Bonchev–Trinajstić information content (AvgIpc) is 3.44. The first-order chi connectivity index (χ1) is 15.1. The van der Waals surface area contributed by atoms with Gasteiger partial charge in [0.05, 0.1) is 11.3 Å². The third kappa shape index (κ3) is 3.82. The van der Waals surface area contributed by atoms with Crippen molar-refractivity contribution in [1.82, 2.24) is 14.5 Å². The van der Waals surface area contributed by atoms with Gasteiger partial charge >= 0.3 is 0 Å². The maximum absolute atomic E-state index is 13.3. The summed E-state index contributed by atoms with van der Waals surface area (Å²) in [6.45, 7) is 6.11. The van der Waals surface area contributed by atoms with E-state index in [2.05, 4.69) is 33.2 Å². The van der Waals surface area contributed by atoms with Gasteiger partial charge in [-0.1, -0.05) is 0 Å². The molecule has 7 heteroatoms. The van der Waals surface area contributed by atoms with E-state index in [1.54, 1.807) is 11.3 Å². The van der Waals surface area contributed by atoms with Gasteiger partial charge in [0.15, 0.2) is 0 Å². The van der Waals surface area contributed by atoms with Crippen LogP contribution in [0.25, 0.3) is 15.8 Å².